The molecule has 0 unspecified atom stereocenters. The fraction of sp³-hybridized carbons (Fsp3) is 0.593. The van der Waals surface area contributed by atoms with Gasteiger partial charge in [0.25, 0.3) is 0 Å². The largest absolute Gasteiger partial charge is 0.392 e. The van der Waals surface area contributed by atoms with Gasteiger partial charge >= 0.3 is 0 Å². The van der Waals surface area contributed by atoms with E-state index in [1.807, 2.05) is 6.08 Å². The Morgan fingerprint density at radius 2 is 1.90 bits per heavy atom. The zero-order valence-corrected chi connectivity index (χ0v) is 19.0. The maximum Gasteiger partial charge on any atom is 0.155 e. The molecular formula is C27H39NO2. The molecule has 0 heterocycles. The predicted octanol–water partition coefficient (Wildman–Crippen LogP) is 5.12. The molecule has 1 aromatic rings. The Hall–Kier alpha value is -1.71. The molecular weight excluding hydrogens is 370 g/mol. The highest BCUT2D eigenvalue weighted by atomic mass is 16.3. The summed E-state index contributed by atoms with van der Waals surface area (Å²) in [4.78, 5) is 14.6. The number of fused-ring (bicyclic) bond motifs is 1. The molecule has 0 radical (unpaired) electrons. The van der Waals surface area contributed by atoms with Gasteiger partial charge < -0.3 is 10.0 Å². The van der Waals surface area contributed by atoms with E-state index < -0.39 is 0 Å². The van der Waals surface area contributed by atoms with Crippen LogP contribution in [0.5, 0.6) is 0 Å². The van der Waals surface area contributed by atoms with Crippen molar-refractivity contribution in [2.24, 2.45) is 17.8 Å². The zero-order chi connectivity index (χ0) is 21.5. The van der Waals surface area contributed by atoms with Crippen LogP contribution in [0.3, 0.4) is 0 Å². The van der Waals surface area contributed by atoms with Crippen molar-refractivity contribution >= 4 is 5.78 Å². The molecule has 0 spiro atoms. The second kappa shape index (κ2) is 11.1. The Morgan fingerprint density at radius 3 is 2.63 bits per heavy atom. The van der Waals surface area contributed by atoms with Crippen molar-refractivity contribution in [2.75, 3.05) is 20.6 Å². The lowest BCUT2D eigenvalue weighted by molar-refractivity contribution is -0.114. The first kappa shape index (κ1) is 23.0. The average molecular weight is 410 g/mol. The molecule has 0 saturated heterocycles. The Bertz CT molecular complexity index is 747. The third-order valence-corrected chi connectivity index (χ3v) is 6.84. The van der Waals surface area contributed by atoms with Gasteiger partial charge in [0.05, 0.1) is 6.10 Å². The molecule has 2 aliphatic carbocycles. The van der Waals surface area contributed by atoms with Crippen molar-refractivity contribution in [1.29, 1.82) is 0 Å². The molecule has 1 fully saturated rings. The summed E-state index contributed by atoms with van der Waals surface area (Å²) >= 11 is 0. The number of carbonyl (C=O) groups excluding carboxylic acids is 1. The average Bonchev–Trinajstić information content (AvgIpc) is 3.21. The second-order valence-corrected chi connectivity index (χ2v) is 9.66. The Morgan fingerprint density at radius 1 is 1.13 bits per heavy atom. The highest BCUT2D eigenvalue weighted by molar-refractivity contribution is 5.89. The fourth-order valence-electron chi connectivity index (χ4n) is 5.07. The van der Waals surface area contributed by atoms with Crippen LogP contribution < -0.4 is 0 Å². The zero-order valence-electron chi connectivity index (χ0n) is 19.0. The van der Waals surface area contributed by atoms with Crippen LogP contribution in [0, 0.1) is 24.7 Å². The summed E-state index contributed by atoms with van der Waals surface area (Å²) in [5.41, 5.74) is 4.03. The highest BCUT2D eigenvalue weighted by Gasteiger charge is 2.43. The molecule has 3 heteroatoms. The molecule has 0 amide bonds. The summed E-state index contributed by atoms with van der Waals surface area (Å²) in [6, 6.07) is 8.39. The lowest BCUT2D eigenvalue weighted by atomic mass is 9.88. The van der Waals surface area contributed by atoms with E-state index in [1.165, 1.54) is 43.4 Å². The van der Waals surface area contributed by atoms with Gasteiger partial charge in [-0.15, -0.1) is 0 Å². The van der Waals surface area contributed by atoms with Gasteiger partial charge in [-0.2, -0.15) is 0 Å². The van der Waals surface area contributed by atoms with Crippen molar-refractivity contribution in [3.8, 4) is 0 Å². The number of rotatable bonds is 11. The van der Waals surface area contributed by atoms with Crippen molar-refractivity contribution in [2.45, 2.75) is 64.4 Å². The molecule has 4 atom stereocenters. The van der Waals surface area contributed by atoms with E-state index in [2.05, 4.69) is 56.3 Å². The predicted molar refractivity (Wildman–Crippen MR) is 124 cm³/mol. The van der Waals surface area contributed by atoms with Crippen LogP contribution in [0.4, 0.5) is 0 Å². The van der Waals surface area contributed by atoms with E-state index in [0.717, 1.165) is 19.3 Å². The van der Waals surface area contributed by atoms with Crippen molar-refractivity contribution in [1.82, 2.24) is 4.90 Å². The summed E-state index contributed by atoms with van der Waals surface area (Å²) in [5.74, 6) is 1.27. The number of benzene rings is 1. The maximum absolute atomic E-state index is 12.4. The van der Waals surface area contributed by atoms with Gasteiger partial charge in [-0.25, -0.2) is 0 Å². The number of aliphatic hydroxyl groups excluding tert-OH is 1. The topological polar surface area (TPSA) is 40.5 Å². The molecule has 3 rings (SSSR count). The van der Waals surface area contributed by atoms with Crippen molar-refractivity contribution in [3.05, 3.63) is 59.2 Å². The minimum atomic E-state index is -0.306. The first-order valence-electron chi connectivity index (χ1n) is 11.7. The monoisotopic (exact) mass is 409 g/mol. The van der Waals surface area contributed by atoms with Crippen LogP contribution >= 0.6 is 0 Å². The van der Waals surface area contributed by atoms with Crippen molar-refractivity contribution < 1.29 is 9.90 Å². The van der Waals surface area contributed by atoms with Gasteiger partial charge in [-0.3, -0.25) is 4.79 Å². The second-order valence-electron chi connectivity index (χ2n) is 9.66. The molecule has 1 aromatic carbocycles. The van der Waals surface area contributed by atoms with Crippen LogP contribution in [0.15, 0.2) is 48.1 Å². The normalized spacial score (nSPS) is 25.8. The van der Waals surface area contributed by atoms with E-state index in [1.54, 1.807) is 11.6 Å². The first-order valence-corrected chi connectivity index (χ1v) is 11.7. The van der Waals surface area contributed by atoms with Gasteiger partial charge in [0.1, 0.15) is 0 Å². The number of aryl methyl sites for hydroxylation is 2. The van der Waals surface area contributed by atoms with Crippen LogP contribution in [0.1, 0.15) is 56.1 Å². The van der Waals surface area contributed by atoms with E-state index in [4.69, 9.17) is 0 Å². The smallest absolute Gasteiger partial charge is 0.155 e. The fourth-order valence-corrected chi connectivity index (χ4v) is 5.07. The Kier molecular flexibility index (Phi) is 8.47. The van der Waals surface area contributed by atoms with E-state index in [0.29, 0.717) is 18.3 Å². The number of nitrogens with zero attached hydrogens (tertiary/aromatic N) is 1. The summed E-state index contributed by atoms with van der Waals surface area (Å²) in [6.07, 6.45) is 14.2. The van der Waals surface area contributed by atoms with Crippen LogP contribution in [0.25, 0.3) is 0 Å². The van der Waals surface area contributed by atoms with Gasteiger partial charge in [0.15, 0.2) is 5.78 Å². The number of unbranched alkanes of at least 4 members (excludes halogenated alkanes) is 2. The third-order valence-electron chi connectivity index (χ3n) is 6.84. The van der Waals surface area contributed by atoms with Crippen molar-refractivity contribution in [3.63, 3.8) is 0 Å². The molecule has 3 nitrogen and oxygen atoms in total. The number of allylic oxidation sites excluding steroid dienone is 3. The van der Waals surface area contributed by atoms with E-state index in [-0.39, 0.29) is 17.8 Å². The Balaban J connectivity index is 1.43. The van der Waals surface area contributed by atoms with Gasteiger partial charge in [0, 0.05) is 12.3 Å². The SMILES string of the molecule is Cc1ccc(CCC(=O)/C=C/[C@@H]2[C@H]3CC(CCCCCN(C)C)=C[C@H]3C[C@H]2O)cc1. The van der Waals surface area contributed by atoms with E-state index >= 15 is 0 Å². The number of hydrogen-bond donors (Lipinski definition) is 1. The molecule has 1 N–H and O–H groups in total. The summed E-state index contributed by atoms with van der Waals surface area (Å²) in [7, 11) is 4.26. The summed E-state index contributed by atoms with van der Waals surface area (Å²) < 4.78 is 0. The summed E-state index contributed by atoms with van der Waals surface area (Å²) in [5, 5.41) is 10.5. The molecule has 0 aliphatic heterocycles. The molecule has 2 aliphatic rings. The minimum absolute atomic E-state index is 0.126. The minimum Gasteiger partial charge on any atom is -0.392 e. The molecule has 0 bridgehead atoms. The van der Waals surface area contributed by atoms with Gasteiger partial charge in [-0.1, -0.05) is 54.0 Å². The highest BCUT2D eigenvalue weighted by Crippen LogP contribution is 2.48. The lowest BCUT2D eigenvalue weighted by Gasteiger charge is -2.18. The number of ketones is 1. The van der Waals surface area contributed by atoms with Gasteiger partial charge in [-0.05, 0) is 89.6 Å². The quantitative estimate of drug-likeness (QED) is 0.313. The number of carbonyl (C=O) groups is 1. The maximum atomic E-state index is 12.4. The number of aliphatic hydroxyl groups is 1. The van der Waals surface area contributed by atoms with Crippen LogP contribution in [-0.4, -0.2) is 42.5 Å². The number of hydrogen-bond acceptors (Lipinski definition) is 3. The third kappa shape index (κ3) is 6.65. The first-order chi connectivity index (χ1) is 14.4. The Labute approximate surface area is 182 Å². The molecule has 30 heavy (non-hydrogen) atoms. The van der Waals surface area contributed by atoms with Gasteiger partial charge in [0.2, 0.25) is 0 Å². The summed E-state index contributed by atoms with van der Waals surface area (Å²) in [6.45, 7) is 3.24. The standard InChI is InChI=1S/C27H39NO2/c1-20-8-10-21(11-9-20)12-13-24(29)14-15-25-26-18-22(17-23(26)19-27(25)30)7-5-4-6-16-28(2)3/h8-11,14-15,17,23,25-27,30H,4-7,12-13,16,18-19H2,1-3H3/b15-14+/t23-,25+,26-,27+/m0/s1. The molecule has 164 valence electrons. The van der Waals surface area contributed by atoms with Crippen LogP contribution in [0.2, 0.25) is 0 Å². The lowest BCUT2D eigenvalue weighted by Crippen LogP contribution is -2.17. The van der Waals surface area contributed by atoms with E-state index in [9.17, 15) is 9.90 Å². The van der Waals surface area contributed by atoms with Crippen LogP contribution in [-0.2, 0) is 11.2 Å². The molecule has 0 aromatic heterocycles. The molecule has 1 saturated carbocycles.